The Labute approximate surface area is 105 Å². The zero-order valence-corrected chi connectivity index (χ0v) is 10.1. The van der Waals surface area contributed by atoms with Gasteiger partial charge in [-0.2, -0.15) is 0 Å². The molecule has 2 rings (SSSR count). The van der Waals surface area contributed by atoms with Crippen molar-refractivity contribution < 1.29 is 5.21 Å². The highest BCUT2D eigenvalue weighted by molar-refractivity contribution is 6.32. The van der Waals surface area contributed by atoms with E-state index in [9.17, 15) is 0 Å². The molecule has 1 saturated carbocycles. The summed E-state index contributed by atoms with van der Waals surface area (Å²) in [4.78, 5) is 6.42. The quantitative estimate of drug-likeness (QED) is 0.364. The number of hydrogen-bond donors (Lipinski definition) is 2. The Bertz CT molecular complexity index is 420. The number of hydrogen-bond acceptors (Lipinski definition) is 4. The van der Waals surface area contributed by atoms with Crippen LogP contribution in [-0.4, -0.2) is 28.6 Å². The van der Waals surface area contributed by atoms with Crippen LogP contribution in [-0.2, 0) is 0 Å². The summed E-state index contributed by atoms with van der Waals surface area (Å²) in [7, 11) is 0. The van der Waals surface area contributed by atoms with Crippen LogP contribution in [0.25, 0.3) is 0 Å². The van der Waals surface area contributed by atoms with E-state index in [4.69, 9.17) is 22.5 Å². The van der Waals surface area contributed by atoms with Gasteiger partial charge in [0.05, 0.1) is 5.02 Å². The smallest absolute Gasteiger partial charge is 0.147 e. The normalized spacial score (nSPS) is 15.9. The van der Waals surface area contributed by atoms with E-state index in [2.05, 4.69) is 15.0 Å². The fourth-order valence-electron chi connectivity index (χ4n) is 1.72. The molecule has 0 aromatic carbocycles. The van der Waals surface area contributed by atoms with Crippen LogP contribution < -0.4 is 10.6 Å². The molecule has 5 nitrogen and oxygen atoms in total. The molecule has 0 atom stereocenters. The average molecular weight is 255 g/mol. The van der Waals surface area contributed by atoms with Crippen molar-refractivity contribution >= 4 is 23.3 Å². The van der Waals surface area contributed by atoms with Crippen molar-refractivity contribution in [1.29, 1.82) is 0 Å². The molecule has 17 heavy (non-hydrogen) atoms. The summed E-state index contributed by atoms with van der Waals surface area (Å²) >= 11 is 6.12. The minimum absolute atomic E-state index is 0.225. The van der Waals surface area contributed by atoms with Gasteiger partial charge in [0, 0.05) is 25.2 Å². The third kappa shape index (κ3) is 3.00. The van der Waals surface area contributed by atoms with Gasteiger partial charge in [-0.05, 0) is 25.0 Å². The Morgan fingerprint density at radius 3 is 3.00 bits per heavy atom. The molecule has 0 aliphatic heterocycles. The second-order valence-corrected chi connectivity index (χ2v) is 4.48. The van der Waals surface area contributed by atoms with Gasteiger partial charge in [-0.15, -0.1) is 0 Å². The summed E-state index contributed by atoms with van der Waals surface area (Å²) in [6.07, 6.45) is 4.51. The lowest BCUT2D eigenvalue weighted by Crippen LogP contribution is -2.31. The predicted molar refractivity (Wildman–Crippen MR) is 67.6 cm³/mol. The molecule has 1 aromatic rings. The highest BCUT2D eigenvalue weighted by atomic mass is 35.5. The predicted octanol–water partition coefficient (Wildman–Crippen LogP) is 1.84. The molecule has 1 heterocycles. The van der Waals surface area contributed by atoms with E-state index in [1.165, 1.54) is 0 Å². The number of aromatic nitrogens is 1. The molecule has 3 N–H and O–H groups in total. The number of nitrogens with zero attached hydrogens (tertiary/aromatic N) is 3. The van der Waals surface area contributed by atoms with Crippen LogP contribution in [0.15, 0.2) is 23.5 Å². The van der Waals surface area contributed by atoms with Crippen LogP contribution in [0.1, 0.15) is 19.3 Å². The monoisotopic (exact) mass is 254 g/mol. The van der Waals surface area contributed by atoms with Crippen LogP contribution in [0.3, 0.4) is 0 Å². The maximum absolute atomic E-state index is 8.53. The highest BCUT2D eigenvalue weighted by Crippen LogP contribution is 2.33. The minimum Gasteiger partial charge on any atom is -0.409 e. The first-order valence-corrected chi connectivity index (χ1v) is 5.93. The van der Waals surface area contributed by atoms with Crippen molar-refractivity contribution in [2.45, 2.75) is 25.3 Å². The van der Waals surface area contributed by atoms with E-state index in [0.717, 1.165) is 18.7 Å². The highest BCUT2D eigenvalue weighted by Gasteiger charge is 2.30. The molecule has 1 aliphatic rings. The maximum atomic E-state index is 8.53. The van der Waals surface area contributed by atoms with Gasteiger partial charge < -0.3 is 15.8 Å². The Kier molecular flexibility index (Phi) is 3.68. The van der Waals surface area contributed by atoms with Crippen LogP contribution in [0, 0.1) is 0 Å². The van der Waals surface area contributed by atoms with Gasteiger partial charge in [0.15, 0.2) is 0 Å². The first-order valence-electron chi connectivity index (χ1n) is 5.56. The van der Waals surface area contributed by atoms with Crippen molar-refractivity contribution in [2.75, 3.05) is 11.4 Å². The number of amidine groups is 1. The molecule has 1 fully saturated rings. The van der Waals surface area contributed by atoms with Gasteiger partial charge in [0.25, 0.3) is 0 Å². The van der Waals surface area contributed by atoms with E-state index >= 15 is 0 Å². The van der Waals surface area contributed by atoms with Crippen LogP contribution >= 0.6 is 11.6 Å². The molecule has 0 amide bonds. The zero-order valence-electron chi connectivity index (χ0n) is 9.38. The number of oxime groups is 1. The maximum Gasteiger partial charge on any atom is 0.147 e. The fourth-order valence-corrected chi connectivity index (χ4v) is 1.95. The number of pyridine rings is 1. The number of anilines is 1. The lowest BCUT2D eigenvalue weighted by atomic mass is 10.3. The molecule has 0 bridgehead atoms. The fraction of sp³-hybridized carbons (Fsp3) is 0.455. The topological polar surface area (TPSA) is 74.7 Å². The summed E-state index contributed by atoms with van der Waals surface area (Å²) in [5, 5.41) is 12.1. The van der Waals surface area contributed by atoms with Gasteiger partial charge in [-0.1, -0.05) is 16.8 Å². The van der Waals surface area contributed by atoms with E-state index < -0.39 is 0 Å². The summed E-state index contributed by atoms with van der Waals surface area (Å²) in [5.41, 5.74) is 5.48. The van der Waals surface area contributed by atoms with Gasteiger partial charge in [0.2, 0.25) is 0 Å². The zero-order chi connectivity index (χ0) is 12.3. The molecule has 0 unspecified atom stereocenters. The molecule has 0 saturated heterocycles. The van der Waals surface area contributed by atoms with Crippen molar-refractivity contribution in [2.24, 2.45) is 10.9 Å². The molecule has 0 spiro atoms. The second kappa shape index (κ2) is 5.23. The SMILES string of the molecule is NC(CCN(c1ncccc1Cl)C1CC1)=NO. The number of rotatable bonds is 5. The van der Waals surface area contributed by atoms with E-state index in [1.54, 1.807) is 12.3 Å². The van der Waals surface area contributed by atoms with E-state index in [-0.39, 0.29) is 5.84 Å². The molecule has 1 aromatic heterocycles. The van der Waals surface area contributed by atoms with Crippen molar-refractivity contribution in [1.82, 2.24) is 4.98 Å². The van der Waals surface area contributed by atoms with Crippen LogP contribution in [0.5, 0.6) is 0 Å². The Morgan fingerprint density at radius 2 is 2.41 bits per heavy atom. The summed E-state index contributed by atoms with van der Waals surface area (Å²) in [6.45, 7) is 0.664. The average Bonchev–Trinajstić information content (AvgIpc) is 3.15. The Hall–Kier alpha value is -1.49. The van der Waals surface area contributed by atoms with Crippen molar-refractivity contribution in [3.8, 4) is 0 Å². The number of halogens is 1. The lowest BCUT2D eigenvalue weighted by Gasteiger charge is -2.23. The largest absolute Gasteiger partial charge is 0.409 e. The molecule has 0 radical (unpaired) electrons. The van der Waals surface area contributed by atoms with Gasteiger partial charge in [-0.3, -0.25) is 0 Å². The third-order valence-electron chi connectivity index (χ3n) is 2.74. The molecule has 92 valence electrons. The molecule has 1 aliphatic carbocycles. The molecular weight excluding hydrogens is 240 g/mol. The first kappa shape index (κ1) is 12.0. The lowest BCUT2D eigenvalue weighted by molar-refractivity contribution is 0.317. The Morgan fingerprint density at radius 1 is 1.65 bits per heavy atom. The number of nitrogens with two attached hydrogens (primary N) is 1. The van der Waals surface area contributed by atoms with Gasteiger partial charge in [-0.25, -0.2) is 4.98 Å². The van der Waals surface area contributed by atoms with Crippen LogP contribution in [0.2, 0.25) is 5.02 Å². The molecular formula is C11H15ClN4O. The third-order valence-corrected chi connectivity index (χ3v) is 3.03. The minimum atomic E-state index is 0.225. The standard InChI is InChI=1S/C11H15ClN4O/c12-9-2-1-6-14-11(9)16(8-3-4-8)7-5-10(13)15-17/h1-2,6,8,17H,3-5,7H2,(H2,13,15). The van der Waals surface area contributed by atoms with Crippen LogP contribution in [0.4, 0.5) is 5.82 Å². The first-order chi connectivity index (χ1) is 8.22. The Balaban J connectivity index is 2.10. The van der Waals surface area contributed by atoms with E-state index in [1.807, 2.05) is 6.07 Å². The second-order valence-electron chi connectivity index (χ2n) is 4.07. The van der Waals surface area contributed by atoms with E-state index in [0.29, 0.717) is 24.0 Å². The van der Waals surface area contributed by atoms with Gasteiger partial charge >= 0.3 is 0 Å². The van der Waals surface area contributed by atoms with Crippen molar-refractivity contribution in [3.63, 3.8) is 0 Å². The summed E-state index contributed by atoms with van der Waals surface area (Å²) in [6, 6.07) is 4.11. The summed E-state index contributed by atoms with van der Waals surface area (Å²) < 4.78 is 0. The van der Waals surface area contributed by atoms with Crippen molar-refractivity contribution in [3.05, 3.63) is 23.4 Å². The molecule has 6 heteroatoms. The van der Waals surface area contributed by atoms with Gasteiger partial charge in [0.1, 0.15) is 11.7 Å². The summed E-state index contributed by atoms with van der Waals surface area (Å²) in [5.74, 6) is 1.00.